The average molecular weight is 583 g/mol. The van der Waals surface area contributed by atoms with Gasteiger partial charge in [0.05, 0.1) is 18.5 Å². The number of fused-ring (bicyclic) bond motifs is 1. The number of nitrogens with zero attached hydrogens (tertiary/aromatic N) is 1. The number of halogens is 1. The fourth-order valence-corrected chi connectivity index (χ4v) is 5.34. The average Bonchev–Trinajstić information content (AvgIpc) is 2.99. The van der Waals surface area contributed by atoms with Crippen LogP contribution in [0, 0.1) is 12.7 Å². The van der Waals surface area contributed by atoms with Gasteiger partial charge in [-0.15, -0.1) is 0 Å². The summed E-state index contributed by atoms with van der Waals surface area (Å²) in [6.45, 7) is 5.57. The number of ether oxygens (including phenoxy) is 3. The quantitative estimate of drug-likeness (QED) is 0.168. The smallest absolute Gasteiger partial charge is 0.311 e. The number of carbonyl (C=O) groups excluding carboxylic acids is 2. The van der Waals surface area contributed by atoms with Crippen molar-refractivity contribution in [2.45, 2.75) is 45.8 Å². The van der Waals surface area contributed by atoms with E-state index in [-0.39, 0.29) is 24.9 Å². The lowest BCUT2D eigenvalue weighted by Gasteiger charge is -2.39. The lowest BCUT2D eigenvalue weighted by atomic mass is 9.91. The maximum absolute atomic E-state index is 14.1. The molecule has 0 spiro atoms. The first kappa shape index (κ1) is 29.6. The predicted octanol–water partition coefficient (Wildman–Crippen LogP) is 7.09. The van der Waals surface area contributed by atoms with Crippen LogP contribution in [0.25, 0.3) is 11.1 Å². The standard InChI is InChI=1S/C35H35FN2O5/c1-22-11-13-24(36)19-30(22)42-21-28-26(16-17-29-33(28)38(4)34(40)35(2,3)37-29)27-15-14-25(20-31(27)41-5)43-32(39)18-12-23-9-7-6-8-10-23/h6-11,13-17,19-20,37H,12,18,21H2,1-5H3. The lowest BCUT2D eigenvalue weighted by molar-refractivity contribution is -0.134. The summed E-state index contributed by atoms with van der Waals surface area (Å²) in [4.78, 5) is 27.5. The van der Waals surface area contributed by atoms with Crippen LogP contribution in [0.2, 0.25) is 0 Å². The SMILES string of the molecule is COc1cc(OC(=O)CCc2ccccc2)ccc1-c1ccc2c(c1COc1cc(F)ccc1C)N(C)C(=O)C(C)(C)N2. The fraction of sp³-hybridized carbons (Fsp3) is 0.257. The normalized spacial score (nSPS) is 13.6. The summed E-state index contributed by atoms with van der Waals surface area (Å²) in [6, 6.07) is 23.2. The molecule has 7 nitrogen and oxygen atoms in total. The summed E-state index contributed by atoms with van der Waals surface area (Å²) < 4.78 is 31.6. The van der Waals surface area contributed by atoms with Crippen molar-refractivity contribution < 1.29 is 28.2 Å². The van der Waals surface area contributed by atoms with Crippen LogP contribution in [-0.2, 0) is 22.6 Å². The second-order valence-electron chi connectivity index (χ2n) is 11.1. The van der Waals surface area contributed by atoms with Crippen molar-refractivity contribution in [2.75, 3.05) is 24.4 Å². The van der Waals surface area contributed by atoms with E-state index in [1.807, 2.05) is 69.3 Å². The summed E-state index contributed by atoms with van der Waals surface area (Å²) in [5, 5.41) is 3.34. The first-order valence-corrected chi connectivity index (χ1v) is 14.1. The molecular formula is C35H35FN2O5. The maximum atomic E-state index is 14.1. The number of aryl methyl sites for hydroxylation is 2. The number of likely N-dealkylation sites (N-methyl/N-ethyl adjacent to an activating group) is 1. The number of benzene rings is 4. The van der Waals surface area contributed by atoms with E-state index in [1.54, 1.807) is 37.3 Å². The summed E-state index contributed by atoms with van der Waals surface area (Å²) in [6.07, 6.45) is 0.818. The fourth-order valence-electron chi connectivity index (χ4n) is 5.34. The maximum Gasteiger partial charge on any atom is 0.311 e. The van der Waals surface area contributed by atoms with Crippen LogP contribution in [0.5, 0.6) is 17.2 Å². The van der Waals surface area contributed by atoms with Gasteiger partial charge >= 0.3 is 5.97 Å². The molecule has 1 N–H and O–H groups in total. The van der Waals surface area contributed by atoms with Crippen molar-refractivity contribution in [3.63, 3.8) is 0 Å². The molecule has 0 radical (unpaired) electrons. The summed E-state index contributed by atoms with van der Waals surface area (Å²) in [5.74, 6) is 0.398. The first-order valence-electron chi connectivity index (χ1n) is 14.1. The van der Waals surface area contributed by atoms with Gasteiger partial charge in [-0.3, -0.25) is 9.59 Å². The third-order valence-corrected chi connectivity index (χ3v) is 7.58. The van der Waals surface area contributed by atoms with Gasteiger partial charge in [-0.2, -0.15) is 0 Å². The largest absolute Gasteiger partial charge is 0.496 e. The Balaban J connectivity index is 1.49. The molecule has 43 heavy (non-hydrogen) atoms. The number of hydrogen-bond donors (Lipinski definition) is 1. The Labute approximate surface area is 251 Å². The van der Waals surface area contributed by atoms with Crippen molar-refractivity contribution in [1.29, 1.82) is 0 Å². The topological polar surface area (TPSA) is 77.1 Å². The van der Waals surface area contributed by atoms with E-state index in [9.17, 15) is 14.0 Å². The highest BCUT2D eigenvalue weighted by atomic mass is 19.1. The Morgan fingerprint density at radius 2 is 1.70 bits per heavy atom. The molecule has 0 bridgehead atoms. The van der Waals surface area contributed by atoms with E-state index in [0.717, 1.165) is 27.9 Å². The zero-order valence-corrected chi connectivity index (χ0v) is 25.0. The summed E-state index contributed by atoms with van der Waals surface area (Å²) in [7, 11) is 3.28. The van der Waals surface area contributed by atoms with Crippen LogP contribution in [0.1, 0.15) is 37.0 Å². The van der Waals surface area contributed by atoms with Gasteiger partial charge in [0.15, 0.2) is 0 Å². The van der Waals surface area contributed by atoms with Crippen LogP contribution in [0.4, 0.5) is 15.8 Å². The summed E-state index contributed by atoms with van der Waals surface area (Å²) >= 11 is 0. The zero-order valence-electron chi connectivity index (χ0n) is 25.0. The number of amides is 1. The van der Waals surface area contributed by atoms with Gasteiger partial charge in [-0.05, 0) is 68.1 Å². The van der Waals surface area contributed by atoms with E-state index in [0.29, 0.717) is 34.9 Å². The molecule has 0 unspecified atom stereocenters. The van der Waals surface area contributed by atoms with Gasteiger partial charge in [-0.1, -0.05) is 42.5 Å². The number of anilines is 2. The van der Waals surface area contributed by atoms with Crippen molar-refractivity contribution in [2.24, 2.45) is 0 Å². The molecule has 0 saturated carbocycles. The van der Waals surface area contributed by atoms with Crippen LogP contribution >= 0.6 is 0 Å². The molecule has 1 aliphatic rings. The molecule has 1 amide bonds. The number of nitrogens with one attached hydrogen (secondary N) is 1. The Kier molecular flexibility index (Phi) is 8.39. The van der Waals surface area contributed by atoms with Gasteiger partial charge in [0.25, 0.3) is 5.91 Å². The minimum absolute atomic E-state index is 0.0574. The molecule has 0 aromatic heterocycles. The number of hydrogen-bond acceptors (Lipinski definition) is 6. The highest BCUT2D eigenvalue weighted by molar-refractivity contribution is 6.08. The van der Waals surface area contributed by atoms with E-state index in [4.69, 9.17) is 14.2 Å². The minimum atomic E-state index is -0.801. The molecule has 0 atom stereocenters. The van der Waals surface area contributed by atoms with Gasteiger partial charge in [0, 0.05) is 36.7 Å². The van der Waals surface area contributed by atoms with Crippen molar-refractivity contribution in [3.05, 3.63) is 101 Å². The molecule has 5 rings (SSSR count). The molecule has 1 aliphatic heterocycles. The Morgan fingerprint density at radius 1 is 0.953 bits per heavy atom. The molecule has 8 heteroatoms. The molecule has 222 valence electrons. The monoisotopic (exact) mass is 582 g/mol. The number of carbonyl (C=O) groups is 2. The second kappa shape index (κ2) is 12.2. The Hall–Kier alpha value is -4.85. The second-order valence-corrected chi connectivity index (χ2v) is 11.1. The minimum Gasteiger partial charge on any atom is -0.496 e. The molecule has 1 heterocycles. The summed E-state index contributed by atoms with van der Waals surface area (Å²) in [5.41, 5.74) is 4.66. The van der Waals surface area contributed by atoms with E-state index < -0.39 is 11.4 Å². The zero-order chi connectivity index (χ0) is 30.7. The number of esters is 1. The van der Waals surface area contributed by atoms with Gasteiger partial charge < -0.3 is 24.4 Å². The lowest BCUT2D eigenvalue weighted by Crippen LogP contribution is -2.52. The third kappa shape index (κ3) is 6.33. The molecule has 0 fully saturated rings. The van der Waals surface area contributed by atoms with Crippen LogP contribution in [0.3, 0.4) is 0 Å². The van der Waals surface area contributed by atoms with Crippen molar-refractivity contribution in [3.8, 4) is 28.4 Å². The van der Waals surface area contributed by atoms with Crippen LogP contribution < -0.4 is 24.4 Å². The van der Waals surface area contributed by atoms with E-state index >= 15 is 0 Å². The Morgan fingerprint density at radius 3 is 2.44 bits per heavy atom. The number of rotatable bonds is 9. The van der Waals surface area contributed by atoms with Crippen LogP contribution in [0.15, 0.2) is 78.9 Å². The highest BCUT2D eigenvalue weighted by Crippen LogP contribution is 2.45. The van der Waals surface area contributed by atoms with Crippen molar-refractivity contribution >= 4 is 23.3 Å². The molecule has 0 aliphatic carbocycles. The van der Waals surface area contributed by atoms with E-state index in [1.165, 1.54) is 12.1 Å². The number of methoxy groups -OCH3 is 1. The molecule has 4 aromatic carbocycles. The van der Waals surface area contributed by atoms with Gasteiger partial charge in [-0.25, -0.2) is 4.39 Å². The van der Waals surface area contributed by atoms with E-state index in [2.05, 4.69) is 5.32 Å². The van der Waals surface area contributed by atoms with Gasteiger partial charge in [0.2, 0.25) is 0 Å². The third-order valence-electron chi connectivity index (χ3n) is 7.58. The molecule has 4 aromatic rings. The first-order chi connectivity index (χ1) is 20.6. The van der Waals surface area contributed by atoms with Crippen LogP contribution in [-0.4, -0.2) is 31.6 Å². The Bertz CT molecular complexity index is 1670. The molecule has 0 saturated heterocycles. The predicted molar refractivity (Wildman–Crippen MR) is 165 cm³/mol. The van der Waals surface area contributed by atoms with Gasteiger partial charge in [0.1, 0.15) is 35.2 Å². The molecular weight excluding hydrogens is 547 g/mol. The van der Waals surface area contributed by atoms with Crippen molar-refractivity contribution in [1.82, 2.24) is 0 Å². The highest BCUT2D eigenvalue weighted by Gasteiger charge is 2.38.